The molecule has 130 valence electrons. The lowest BCUT2D eigenvalue weighted by atomic mass is 10.0. The predicted molar refractivity (Wildman–Crippen MR) is 92.1 cm³/mol. The van der Waals surface area contributed by atoms with Crippen molar-refractivity contribution < 1.29 is 4.79 Å². The molecule has 1 atom stereocenters. The highest BCUT2D eigenvalue weighted by atomic mass is 35.5. The molecule has 2 fully saturated rings. The maximum Gasteiger partial charge on any atom is 0.276 e. The third-order valence-electron chi connectivity index (χ3n) is 5.09. The Morgan fingerprint density at radius 2 is 1.91 bits per heavy atom. The fourth-order valence-electron chi connectivity index (χ4n) is 3.55. The summed E-state index contributed by atoms with van der Waals surface area (Å²) in [6.07, 6.45) is 5.50. The summed E-state index contributed by atoms with van der Waals surface area (Å²) in [5.74, 6) is 0.774. The van der Waals surface area contributed by atoms with Crippen LogP contribution < -0.4 is 5.32 Å². The number of nitrogens with one attached hydrogen (secondary N) is 1. The molecule has 1 N–H and O–H groups in total. The zero-order valence-electron chi connectivity index (χ0n) is 14.1. The van der Waals surface area contributed by atoms with Crippen LogP contribution in [0, 0.1) is 12.8 Å². The second kappa shape index (κ2) is 8.11. The van der Waals surface area contributed by atoms with Gasteiger partial charge in [0.05, 0.1) is 11.7 Å². The van der Waals surface area contributed by atoms with Gasteiger partial charge in [-0.05, 0) is 58.0 Å². The highest BCUT2D eigenvalue weighted by molar-refractivity contribution is 5.93. The fourth-order valence-corrected chi connectivity index (χ4v) is 3.55. The van der Waals surface area contributed by atoms with Crippen LogP contribution in [0.3, 0.4) is 0 Å². The fraction of sp³-hybridized carbons (Fsp3) is 0.812. The molecule has 1 aromatic rings. The van der Waals surface area contributed by atoms with E-state index in [1.54, 1.807) is 0 Å². The second-order valence-corrected chi connectivity index (χ2v) is 6.78. The van der Waals surface area contributed by atoms with E-state index in [-0.39, 0.29) is 18.3 Å². The molecular weight excluding hydrogens is 314 g/mol. The van der Waals surface area contributed by atoms with Gasteiger partial charge in [-0.15, -0.1) is 17.5 Å². The molecule has 1 amide bonds. The van der Waals surface area contributed by atoms with E-state index in [1.165, 1.54) is 6.42 Å². The van der Waals surface area contributed by atoms with Crippen LogP contribution in [0.1, 0.15) is 61.3 Å². The Labute approximate surface area is 144 Å². The summed E-state index contributed by atoms with van der Waals surface area (Å²) < 4.78 is 1.97. The molecule has 0 saturated carbocycles. The number of hydrogen-bond acceptors (Lipinski definition) is 4. The monoisotopic (exact) mass is 341 g/mol. The molecule has 3 heterocycles. The molecule has 7 heteroatoms. The third-order valence-corrected chi connectivity index (χ3v) is 5.09. The number of carbonyl (C=O) groups excluding carboxylic acids is 1. The van der Waals surface area contributed by atoms with Gasteiger partial charge >= 0.3 is 0 Å². The van der Waals surface area contributed by atoms with Crippen molar-refractivity contribution in [1.82, 2.24) is 25.2 Å². The molecule has 0 radical (unpaired) electrons. The molecular formula is C16H28ClN5O. The number of hydrogen-bond donors (Lipinski definition) is 1. The van der Waals surface area contributed by atoms with Crippen molar-refractivity contribution in [1.29, 1.82) is 0 Å². The van der Waals surface area contributed by atoms with Crippen LogP contribution in [0.15, 0.2) is 0 Å². The first kappa shape index (κ1) is 18.2. The number of amides is 1. The number of nitrogens with zero attached hydrogens (tertiary/aromatic N) is 4. The molecule has 3 rings (SSSR count). The van der Waals surface area contributed by atoms with E-state index < -0.39 is 0 Å². The SMILES string of the molecule is Cc1c(C(=O)N2CCCC(C)CC2)nnn1C1CCNCC1.Cl. The van der Waals surface area contributed by atoms with Crippen LogP contribution in [0.2, 0.25) is 0 Å². The molecule has 2 aliphatic rings. The van der Waals surface area contributed by atoms with Crippen molar-refractivity contribution in [2.24, 2.45) is 5.92 Å². The Kier molecular flexibility index (Phi) is 6.41. The first-order chi connectivity index (χ1) is 10.7. The van der Waals surface area contributed by atoms with Gasteiger partial charge < -0.3 is 10.2 Å². The topological polar surface area (TPSA) is 63.1 Å². The van der Waals surface area contributed by atoms with Gasteiger partial charge in [-0.1, -0.05) is 12.1 Å². The summed E-state index contributed by atoms with van der Waals surface area (Å²) >= 11 is 0. The highest BCUT2D eigenvalue weighted by Crippen LogP contribution is 2.22. The molecule has 1 unspecified atom stereocenters. The minimum Gasteiger partial charge on any atom is -0.337 e. The van der Waals surface area contributed by atoms with E-state index in [9.17, 15) is 4.79 Å². The third kappa shape index (κ3) is 4.04. The van der Waals surface area contributed by atoms with Crippen molar-refractivity contribution in [3.63, 3.8) is 0 Å². The predicted octanol–water partition coefficient (Wildman–Crippen LogP) is 2.20. The Balaban J connectivity index is 0.00000192. The van der Waals surface area contributed by atoms with Crippen LogP contribution in [0.25, 0.3) is 0 Å². The van der Waals surface area contributed by atoms with Gasteiger partial charge in [0.15, 0.2) is 5.69 Å². The van der Waals surface area contributed by atoms with Gasteiger partial charge in [0, 0.05) is 13.1 Å². The largest absolute Gasteiger partial charge is 0.337 e. The Morgan fingerprint density at radius 1 is 1.17 bits per heavy atom. The van der Waals surface area contributed by atoms with Crippen LogP contribution in [0.4, 0.5) is 0 Å². The van der Waals surface area contributed by atoms with E-state index in [0.29, 0.717) is 17.7 Å². The lowest BCUT2D eigenvalue weighted by molar-refractivity contribution is 0.0753. The molecule has 0 aromatic carbocycles. The highest BCUT2D eigenvalue weighted by Gasteiger charge is 2.27. The van der Waals surface area contributed by atoms with Crippen molar-refractivity contribution in [2.45, 2.75) is 52.0 Å². The van der Waals surface area contributed by atoms with Gasteiger partial charge in [-0.2, -0.15) is 0 Å². The lowest BCUT2D eigenvalue weighted by Crippen LogP contribution is -2.33. The summed E-state index contributed by atoms with van der Waals surface area (Å²) in [5, 5.41) is 11.9. The maximum absolute atomic E-state index is 12.8. The van der Waals surface area contributed by atoms with E-state index in [2.05, 4.69) is 22.6 Å². The van der Waals surface area contributed by atoms with Gasteiger partial charge in [-0.25, -0.2) is 4.68 Å². The minimum absolute atomic E-state index is 0. The summed E-state index contributed by atoms with van der Waals surface area (Å²) in [4.78, 5) is 14.7. The van der Waals surface area contributed by atoms with Gasteiger partial charge in [0.2, 0.25) is 0 Å². The molecule has 6 nitrogen and oxygen atoms in total. The van der Waals surface area contributed by atoms with Crippen LogP contribution >= 0.6 is 12.4 Å². The van der Waals surface area contributed by atoms with Gasteiger partial charge in [-0.3, -0.25) is 4.79 Å². The average molecular weight is 342 g/mol. The number of aromatic nitrogens is 3. The maximum atomic E-state index is 12.8. The first-order valence-corrected chi connectivity index (χ1v) is 8.58. The van der Waals surface area contributed by atoms with Gasteiger partial charge in [0.25, 0.3) is 5.91 Å². The molecule has 2 saturated heterocycles. The van der Waals surface area contributed by atoms with E-state index in [4.69, 9.17) is 0 Å². The smallest absolute Gasteiger partial charge is 0.276 e. The zero-order valence-corrected chi connectivity index (χ0v) is 14.9. The molecule has 1 aromatic heterocycles. The van der Waals surface area contributed by atoms with Crippen LogP contribution in [0.5, 0.6) is 0 Å². The summed E-state index contributed by atoms with van der Waals surface area (Å²) in [5.41, 5.74) is 1.47. The number of rotatable bonds is 2. The molecule has 0 bridgehead atoms. The number of likely N-dealkylation sites (tertiary alicyclic amines) is 1. The Morgan fingerprint density at radius 3 is 2.65 bits per heavy atom. The van der Waals surface area contributed by atoms with Crippen molar-refractivity contribution >= 4 is 18.3 Å². The molecule has 23 heavy (non-hydrogen) atoms. The van der Waals surface area contributed by atoms with Crippen LogP contribution in [-0.2, 0) is 0 Å². The number of halogens is 1. The van der Waals surface area contributed by atoms with Crippen molar-refractivity contribution in [3.05, 3.63) is 11.4 Å². The van der Waals surface area contributed by atoms with Crippen molar-refractivity contribution in [2.75, 3.05) is 26.2 Å². The molecule has 2 aliphatic heterocycles. The van der Waals surface area contributed by atoms with E-state index in [1.807, 2.05) is 16.5 Å². The summed E-state index contributed by atoms with van der Waals surface area (Å²) in [6.45, 7) is 7.97. The second-order valence-electron chi connectivity index (χ2n) is 6.78. The van der Waals surface area contributed by atoms with Crippen molar-refractivity contribution in [3.8, 4) is 0 Å². The molecule has 0 spiro atoms. The quantitative estimate of drug-likeness (QED) is 0.895. The average Bonchev–Trinajstić information content (AvgIpc) is 2.78. The first-order valence-electron chi connectivity index (χ1n) is 8.58. The standard InChI is InChI=1S/C16H27N5O.ClH/c1-12-4-3-10-20(11-7-12)16(22)15-13(2)21(19-18-15)14-5-8-17-9-6-14;/h12,14,17H,3-11H2,1-2H3;1H. The minimum atomic E-state index is 0. The Bertz CT molecular complexity index is 527. The zero-order chi connectivity index (χ0) is 15.5. The summed E-state index contributed by atoms with van der Waals surface area (Å²) in [6, 6.07) is 0.374. The normalized spacial score (nSPS) is 23.2. The van der Waals surface area contributed by atoms with Crippen LogP contribution in [-0.4, -0.2) is 52.0 Å². The molecule has 0 aliphatic carbocycles. The van der Waals surface area contributed by atoms with E-state index in [0.717, 1.165) is 57.6 Å². The van der Waals surface area contributed by atoms with E-state index >= 15 is 0 Å². The number of piperidine rings is 1. The number of carbonyl (C=O) groups is 1. The summed E-state index contributed by atoms with van der Waals surface area (Å²) in [7, 11) is 0. The lowest BCUT2D eigenvalue weighted by Gasteiger charge is -2.24. The Hall–Kier alpha value is -1.14. The van der Waals surface area contributed by atoms with Gasteiger partial charge in [0.1, 0.15) is 0 Å².